The predicted octanol–water partition coefficient (Wildman–Crippen LogP) is 2.69. The van der Waals surface area contributed by atoms with Crippen molar-refractivity contribution in [2.24, 2.45) is 0 Å². The second-order valence-electron chi connectivity index (χ2n) is 5.60. The molecule has 1 aliphatic rings. The van der Waals surface area contributed by atoms with Gasteiger partial charge in [-0.15, -0.1) is 5.10 Å². The Hall–Kier alpha value is -2.51. The molecule has 1 aromatic heterocycles. The highest BCUT2D eigenvalue weighted by molar-refractivity contribution is 5.65. The van der Waals surface area contributed by atoms with Crippen molar-refractivity contribution < 1.29 is 18.7 Å². The Labute approximate surface area is 131 Å². The molecule has 0 saturated heterocycles. The quantitative estimate of drug-likeness (QED) is 0.943. The van der Waals surface area contributed by atoms with Crippen LogP contribution in [0.3, 0.4) is 0 Å². The molecule has 8 heteroatoms. The molecule has 23 heavy (non-hydrogen) atoms. The summed E-state index contributed by atoms with van der Waals surface area (Å²) in [5.74, 6) is 0. The summed E-state index contributed by atoms with van der Waals surface area (Å²) in [6.45, 7) is 2.17. The van der Waals surface area contributed by atoms with Gasteiger partial charge < -0.3 is 5.11 Å². The average molecular weight is 322 g/mol. The van der Waals surface area contributed by atoms with Gasteiger partial charge in [-0.3, -0.25) is 4.90 Å². The summed E-state index contributed by atoms with van der Waals surface area (Å²) in [7, 11) is 0. The fourth-order valence-corrected chi connectivity index (χ4v) is 2.86. The van der Waals surface area contributed by atoms with Gasteiger partial charge in [-0.05, 0) is 12.5 Å². The first-order chi connectivity index (χ1) is 11.0. The van der Waals surface area contributed by atoms with Gasteiger partial charge >= 0.3 is 6.09 Å². The van der Waals surface area contributed by atoms with Crippen LogP contribution in [0.1, 0.15) is 35.9 Å². The van der Waals surface area contributed by atoms with Crippen LogP contribution in [0.5, 0.6) is 0 Å². The van der Waals surface area contributed by atoms with E-state index in [1.54, 1.807) is 22.9 Å². The third-order valence-electron chi connectivity index (χ3n) is 4.12. The molecule has 1 aromatic carbocycles. The summed E-state index contributed by atoms with van der Waals surface area (Å²) in [5, 5.41) is 17.2. The summed E-state index contributed by atoms with van der Waals surface area (Å²) in [6.07, 6.45) is -3.08. The minimum absolute atomic E-state index is 0.0206. The molecule has 1 N–H and O–H groups in total. The van der Waals surface area contributed by atoms with E-state index < -0.39 is 12.5 Å². The van der Waals surface area contributed by atoms with E-state index in [2.05, 4.69) is 10.3 Å². The Balaban J connectivity index is 1.89. The largest absolute Gasteiger partial charge is 0.465 e. The second kappa shape index (κ2) is 5.94. The van der Waals surface area contributed by atoms with Crippen molar-refractivity contribution in [3.8, 4) is 0 Å². The molecule has 122 valence electrons. The van der Waals surface area contributed by atoms with Gasteiger partial charge in [0.25, 0.3) is 6.43 Å². The first kappa shape index (κ1) is 15.4. The Morgan fingerprint density at radius 3 is 2.87 bits per heavy atom. The highest BCUT2D eigenvalue weighted by atomic mass is 19.3. The standard InChI is InChI=1S/C15H16F2N4O2/c1-9-6-13-12(8-20(9)15(22)23)18-19-21(13)7-10-4-2-3-5-11(10)14(16)17/h2-5,9,14H,6-8H2,1H3,(H,22,23)/t9-/m0/s1. The number of benzene rings is 1. The lowest BCUT2D eigenvalue weighted by Crippen LogP contribution is -2.42. The molecule has 0 fully saturated rings. The molecule has 2 heterocycles. The van der Waals surface area contributed by atoms with Crippen molar-refractivity contribution in [1.29, 1.82) is 0 Å². The van der Waals surface area contributed by atoms with Crippen LogP contribution in [0, 0.1) is 0 Å². The van der Waals surface area contributed by atoms with E-state index in [9.17, 15) is 13.6 Å². The maximum atomic E-state index is 13.1. The van der Waals surface area contributed by atoms with E-state index in [1.165, 1.54) is 11.0 Å². The monoisotopic (exact) mass is 322 g/mol. The summed E-state index contributed by atoms with van der Waals surface area (Å²) in [4.78, 5) is 12.5. The van der Waals surface area contributed by atoms with Gasteiger partial charge in [0, 0.05) is 18.0 Å². The number of amides is 1. The molecule has 2 aromatic rings. The number of alkyl halides is 2. The molecule has 0 radical (unpaired) electrons. The van der Waals surface area contributed by atoms with Gasteiger partial charge in [-0.1, -0.05) is 29.5 Å². The summed E-state index contributed by atoms with van der Waals surface area (Å²) >= 11 is 0. The summed E-state index contributed by atoms with van der Waals surface area (Å²) in [6, 6.07) is 6.12. The number of halogens is 2. The van der Waals surface area contributed by atoms with Crippen molar-refractivity contribution in [3.63, 3.8) is 0 Å². The maximum absolute atomic E-state index is 13.1. The molecule has 0 bridgehead atoms. The SMILES string of the molecule is C[C@H]1Cc2c(nnn2Cc2ccccc2C(F)F)CN1C(=O)O. The van der Waals surface area contributed by atoms with Gasteiger partial charge in [-0.25, -0.2) is 18.3 Å². The molecule has 3 rings (SSSR count). The zero-order chi connectivity index (χ0) is 16.6. The summed E-state index contributed by atoms with van der Waals surface area (Å²) < 4.78 is 27.7. The van der Waals surface area contributed by atoms with Crippen LogP contribution in [-0.2, 0) is 19.5 Å². The third kappa shape index (κ3) is 2.88. The van der Waals surface area contributed by atoms with Crippen LogP contribution < -0.4 is 0 Å². The zero-order valence-corrected chi connectivity index (χ0v) is 12.5. The van der Waals surface area contributed by atoms with Gasteiger partial charge in [0.2, 0.25) is 0 Å². The molecule has 0 saturated carbocycles. The smallest absolute Gasteiger partial charge is 0.407 e. The van der Waals surface area contributed by atoms with Crippen LogP contribution in [0.25, 0.3) is 0 Å². The number of hydrogen-bond donors (Lipinski definition) is 1. The fourth-order valence-electron chi connectivity index (χ4n) is 2.86. The lowest BCUT2D eigenvalue weighted by Gasteiger charge is -2.30. The lowest BCUT2D eigenvalue weighted by atomic mass is 10.0. The number of aromatic nitrogens is 3. The van der Waals surface area contributed by atoms with E-state index in [0.29, 0.717) is 17.7 Å². The van der Waals surface area contributed by atoms with Crippen molar-refractivity contribution >= 4 is 6.09 Å². The molecule has 1 aliphatic heterocycles. The number of fused-ring (bicyclic) bond motifs is 1. The van der Waals surface area contributed by atoms with Crippen molar-refractivity contribution in [2.75, 3.05) is 0 Å². The highest BCUT2D eigenvalue weighted by Gasteiger charge is 2.30. The number of nitrogens with zero attached hydrogens (tertiary/aromatic N) is 4. The Kier molecular flexibility index (Phi) is 3.97. The third-order valence-corrected chi connectivity index (χ3v) is 4.12. The Bertz CT molecular complexity index is 732. The zero-order valence-electron chi connectivity index (χ0n) is 12.5. The lowest BCUT2D eigenvalue weighted by molar-refractivity contribution is 0.118. The second-order valence-corrected chi connectivity index (χ2v) is 5.60. The number of carbonyl (C=O) groups is 1. The van der Waals surface area contributed by atoms with Gasteiger partial charge in [0.05, 0.1) is 18.8 Å². The first-order valence-electron chi connectivity index (χ1n) is 7.24. The van der Waals surface area contributed by atoms with E-state index in [-0.39, 0.29) is 24.7 Å². The Morgan fingerprint density at radius 2 is 2.17 bits per heavy atom. The summed E-state index contributed by atoms with van der Waals surface area (Å²) in [5.41, 5.74) is 1.86. The fraction of sp³-hybridized carbons (Fsp3) is 0.400. The Morgan fingerprint density at radius 1 is 1.43 bits per heavy atom. The van der Waals surface area contributed by atoms with Gasteiger partial charge in [0.1, 0.15) is 5.69 Å². The van der Waals surface area contributed by atoms with Crippen LogP contribution in [-0.4, -0.2) is 37.1 Å². The molecule has 0 unspecified atom stereocenters. The van der Waals surface area contributed by atoms with Crippen LogP contribution in [0.2, 0.25) is 0 Å². The topological polar surface area (TPSA) is 71.2 Å². The van der Waals surface area contributed by atoms with Crippen LogP contribution in [0.15, 0.2) is 24.3 Å². The van der Waals surface area contributed by atoms with E-state index in [4.69, 9.17) is 5.11 Å². The van der Waals surface area contributed by atoms with Crippen molar-refractivity contribution in [1.82, 2.24) is 19.9 Å². The number of carboxylic acid groups (broad SMARTS) is 1. The molecular weight excluding hydrogens is 306 g/mol. The normalized spacial score (nSPS) is 17.4. The van der Waals surface area contributed by atoms with Crippen molar-refractivity contribution in [3.05, 3.63) is 46.8 Å². The molecule has 1 amide bonds. The molecule has 1 atom stereocenters. The van der Waals surface area contributed by atoms with Crippen LogP contribution >= 0.6 is 0 Å². The van der Waals surface area contributed by atoms with E-state index in [1.807, 2.05) is 6.92 Å². The number of hydrogen-bond acceptors (Lipinski definition) is 3. The van der Waals surface area contributed by atoms with Crippen molar-refractivity contribution in [2.45, 2.75) is 38.9 Å². The highest BCUT2D eigenvalue weighted by Crippen LogP contribution is 2.26. The predicted molar refractivity (Wildman–Crippen MR) is 77.3 cm³/mol. The van der Waals surface area contributed by atoms with Gasteiger partial charge in [0.15, 0.2) is 0 Å². The maximum Gasteiger partial charge on any atom is 0.407 e. The van der Waals surface area contributed by atoms with Gasteiger partial charge in [-0.2, -0.15) is 0 Å². The minimum Gasteiger partial charge on any atom is -0.465 e. The molecule has 0 aliphatic carbocycles. The molecule has 6 nitrogen and oxygen atoms in total. The molecular formula is C15H16F2N4O2. The first-order valence-corrected chi connectivity index (χ1v) is 7.24. The number of rotatable bonds is 3. The minimum atomic E-state index is -2.55. The van der Waals surface area contributed by atoms with Crippen LogP contribution in [0.4, 0.5) is 13.6 Å². The van der Waals surface area contributed by atoms with E-state index in [0.717, 1.165) is 5.69 Å². The average Bonchev–Trinajstić information content (AvgIpc) is 2.88. The van der Waals surface area contributed by atoms with E-state index >= 15 is 0 Å². The molecule has 0 spiro atoms.